The third-order valence-electron chi connectivity index (χ3n) is 2.57. The Kier molecular flexibility index (Phi) is 5.24. The fourth-order valence-electron chi connectivity index (χ4n) is 1.70. The van der Waals surface area contributed by atoms with Crippen molar-refractivity contribution in [3.8, 4) is 0 Å². The summed E-state index contributed by atoms with van der Waals surface area (Å²) in [5, 5.41) is 2.78. The van der Waals surface area contributed by atoms with Crippen LogP contribution in [0, 0.1) is 0 Å². The summed E-state index contributed by atoms with van der Waals surface area (Å²) in [6.07, 6.45) is 0.840. The van der Waals surface area contributed by atoms with Crippen LogP contribution < -0.4 is 11.3 Å². The maximum atomic E-state index is 5.94. The highest BCUT2D eigenvalue weighted by molar-refractivity contribution is 9.10. The monoisotopic (exact) mass is 408 g/mol. The van der Waals surface area contributed by atoms with Crippen LogP contribution in [0.2, 0.25) is 5.02 Å². The molecule has 1 aromatic heterocycles. The van der Waals surface area contributed by atoms with Gasteiger partial charge in [-0.25, -0.2) is 0 Å². The van der Waals surface area contributed by atoms with Gasteiger partial charge in [-0.05, 0) is 39.7 Å². The maximum absolute atomic E-state index is 5.94. The van der Waals surface area contributed by atoms with Crippen LogP contribution in [-0.2, 0) is 6.42 Å². The van der Waals surface area contributed by atoms with Gasteiger partial charge in [-0.15, -0.1) is 11.3 Å². The fourth-order valence-corrected chi connectivity index (χ4v) is 4.16. The lowest BCUT2D eigenvalue weighted by molar-refractivity contribution is 0.553. The van der Waals surface area contributed by atoms with Gasteiger partial charge in [0.2, 0.25) is 0 Å². The summed E-state index contributed by atoms with van der Waals surface area (Å²) in [6.45, 7) is 0. The van der Waals surface area contributed by atoms with E-state index in [-0.39, 0.29) is 6.04 Å². The molecular formula is C12H11Br2ClN2S. The first kappa shape index (κ1) is 14.5. The number of halogens is 3. The molecule has 0 spiro atoms. The van der Waals surface area contributed by atoms with Crippen molar-refractivity contribution in [2.24, 2.45) is 5.84 Å². The van der Waals surface area contributed by atoms with E-state index >= 15 is 0 Å². The normalized spacial score (nSPS) is 12.7. The molecule has 0 amide bonds. The number of hydrazine groups is 1. The van der Waals surface area contributed by atoms with Crippen molar-refractivity contribution in [3.05, 3.63) is 54.1 Å². The molecule has 0 aliphatic heterocycles. The van der Waals surface area contributed by atoms with Crippen LogP contribution in [0.5, 0.6) is 0 Å². The number of hydrogen-bond acceptors (Lipinski definition) is 3. The van der Waals surface area contributed by atoms with E-state index in [1.54, 1.807) is 11.3 Å². The number of nitrogens with one attached hydrogen (secondary N) is 1. The fraction of sp³-hybridized carbons (Fsp3) is 0.167. The molecule has 0 aliphatic rings. The zero-order valence-electron chi connectivity index (χ0n) is 9.29. The topological polar surface area (TPSA) is 38.0 Å². The average molecular weight is 411 g/mol. The van der Waals surface area contributed by atoms with Crippen LogP contribution in [0.15, 0.2) is 38.6 Å². The average Bonchev–Trinajstić information content (AvgIpc) is 2.72. The molecule has 1 unspecified atom stereocenters. The summed E-state index contributed by atoms with van der Waals surface area (Å²) < 4.78 is 2.07. The van der Waals surface area contributed by atoms with E-state index in [9.17, 15) is 0 Å². The van der Waals surface area contributed by atoms with Crippen molar-refractivity contribution in [1.29, 1.82) is 0 Å². The molecule has 6 heteroatoms. The van der Waals surface area contributed by atoms with Crippen LogP contribution in [-0.4, -0.2) is 0 Å². The van der Waals surface area contributed by atoms with E-state index in [1.165, 1.54) is 4.88 Å². The van der Waals surface area contributed by atoms with E-state index in [1.807, 2.05) is 18.2 Å². The highest BCUT2D eigenvalue weighted by Gasteiger charge is 2.15. The lowest BCUT2D eigenvalue weighted by atomic mass is 10.0. The molecular weight excluding hydrogens is 399 g/mol. The Bertz CT molecular complexity index is 545. The van der Waals surface area contributed by atoms with Gasteiger partial charge in [-0.1, -0.05) is 33.6 Å². The molecule has 2 aromatic rings. The first-order valence-corrected chi connectivity index (χ1v) is 8.08. The molecule has 3 N–H and O–H groups in total. The van der Waals surface area contributed by atoms with Crippen molar-refractivity contribution in [3.63, 3.8) is 0 Å². The summed E-state index contributed by atoms with van der Waals surface area (Å²) in [6, 6.07) is 7.91. The first-order valence-electron chi connectivity index (χ1n) is 5.24. The predicted octanol–water partition coefficient (Wildman–Crippen LogP) is 4.67. The molecule has 18 heavy (non-hydrogen) atoms. The Morgan fingerprint density at radius 3 is 2.67 bits per heavy atom. The van der Waals surface area contributed by atoms with Gasteiger partial charge in [-0.2, -0.15) is 0 Å². The molecule has 1 aromatic carbocycles. The van der Waals surface area contributed by atoms with Crippen molar-refractivity contribution in [2.75, 3.05) is 0 Å². The summed E-state index contributed by atoms with van der Waals surface area (Å²) in [5.41, 5.74) is 3.96. The first-order chi connectivity index (χ1) is 8.60. The third-order valence-corrected chi connectivity index (χ3v) is 5.21. The third kappa shape index (κ3) is 3.56. The van der Waals surface area contributed by atoms with Gasteiger partial charge >= 0.3 is 0 Å². The summed E-state index contributed by atoms with van der Waals surface area (Å²) in [5.74, 6) is 5.66. The molecule has 0 saturated heterocycles. The zero-order chi connectivity index (χ0) is 13.1. The smallest absolute Gasteiger partial charge is 0.0519 e. The number of rotatable bonds is 4. The molecule has 0 saturated carbocycles. The summed E-state index contributed by atoms with van der Waals surface area (Å²) in [4.78, 5) is 1.27. The van der Waals surface area contributed by atoms with E-state index < -0.39 is 0 Å². The summed E-state index contributed by atoms with van der Waals surface area (Å²) >= 11 is 14.6. The molecule has 2 rings (SSSR count). The number of thiophene rings is 1. The Labute approximate surface area is 132 Å². The van der Waals surface area contributed by atoms with Crippen LogP contribution >= 0.6 is 54.8 Å². The van der Waals surface area contributed by atoms with Crippen LogP contribution in [0.3, 0.4) is 0 Å². The second-order valence-electron chi connectivity index (χ2n) is 3.82. The van der Waals surface area contributed by atoms with Gasteiger partial charge in [0, 0.05) is 30.6 Å². The second kappa shape index (κ2) is 6.50. The molecule has 0 fully saturated rings. The van der Waals surface area contributed by atoms with E-state index in [0.717, 1.165) is 20.9 Å². The summed E-state index contributed by atoms with van der Waals surface area (Å²) in [7, 11) is 0. The highest BCUT2D eigenvalue weighted by atomic mass is 79.9. The Morgan fingerprint density at radius 1 is 1.33 bits per heavy atom. The number of nitrogens with two attached hydrogens (primary N) is 1. The van der Waals surface area contributed by atoms with Crippen LogP contribution in [0.25, 0.3) is 0 Å². The zero-order valence-corrected chi connectivity index (χ0v) is 14.0. The van der Waals surface area contributed by atoms with Crippen molar-refractivity contribution in [2.45, 2.75) is 12.5 Å². The van der Waals surface area contributed by atoms with Crippen molar-refractivity contribution >= 4 is 54.8 Å². The van der Waals surface area contributed by atoms with Gasteiger partial charge < -0.3 is 0 Å². The largest absolute Gasteiger partial charge is 0.271 e. The number of benzene rings is 1. The lowest BCUT2D eigenvalue weighted by Crippen LogP contribution is -2.29. The van der Waals surface area contributed by atoms with Crippen LogP contribution in [0.4, 0.5) is 0 Å². The number of hydrogen-bond donors (Lipinski definition) is 2. The standard InChI is InChI=1S/C12H11Br2ClN2S/c13-7-3-9(18-6-7)5-12(17-16)10-2-1-8(15)4-11(10)14/h1-4,6,12,17H,5,16H2. The molecule has 0 bridgehead atoms. The molecule has 0 aliphatic carbocycles. The van der Waals surface area contributed by atoms with Crippen molar-refractivity contribution < 1.29 is 0 Å². The predicted molar refractivity (Wildman–Crippen MR) is 84.9 cm³/mol. The van der Waals surface area contributed by atoms with Crippen LogP contribution in [0.1, 0.15) is 16.5 Å². The van der Waals surface area contributed by atoms with Gasteiger partial charge in [0.05, 0.1) is 6.04 Å². The molecule has 1 atom stereocenters. The van der Waals surface area contributed by atoms with E-state index in [2.05, 4.69) is 48.7 Å². The Hall–Kier alpha value is 0.0900. The van der Waals surface area contributed by atoms with Gasteiger partial charge in [0.1, 0.15) is 0 Å². The van der Waals surface area contributed by atoms with E-state index in [0.29, 0.717) is 5.02 Å². The van der Waals surface area contributed by atoms with Gasteiger partial charge in [-0.3, -0.25) is 11.3 Å². The molecule has 96 valence electrons. The minimum Gasteiger partial charge on any atom is -0.271 e. The lowest BCUT2D eigenvalue weighted by Gasteiger charge is -2.17. The quantitative estimate of drug-likeness (QED) is 0.568. The van der Waals surface area contributed by atoms with E-state index in [4.69, 9.17) is 17.4 Å². The molecule has 0 radical (unpaired) electrons. The SMILES string of the molecule is NNC(Cc1cc(Br)cs1)c1ccc(Cl)cc1Br. The Morgan fingerprint density at radius 2 is 2.11 bits per heavy atom. The minimum absolute atomic E-state index is 0.0576. The Balaban J connectivity index is 2.22. The van der Waals surface area contributed by atoms with Gasteiger partial charge in [0.25, 0.3) is 0 Å². The highest BCUT2D eigenvalue weighted by Crippen LogP contribution is 2.30. The molecule has 2 nitrogen and oxygen atoms in total. The second-order valence-corrected chi connectivity index (χ2v) is 7.02. The minimum atomic E-state index is 0.0576. The molecule has 1 heterocycles. The van der Waals surface area contributed by atoms with Gasteiger partial charge in [0.15, 0.2) is 0 Å². The maximum Gasteiger partial charge on any atom is 0.0519 e. The van der Waals surface area contributed by atoms with Crippen molar-refractivity contribution in [1.82, 2.24) is 5.43 Å².